The summed E-state index contributed by atoms with van der Waals surface area (Å²) in [5.41, 5.74) is 5.78. The maximum atomic E-state index is 11.8. The number of carbonyl (C=O) groups is 1. The van der Waals surface area contributed by atoms with Crippen molar-refractivity contribution in [2.75, 3.05) is 26.4 Å². The predicted octanol–water partition coefficient (Wildman–Crippen LogP) is 0.545. The molecule has 1 amide bonds. The molecule has 1 aromatic carbocycles. The number of para-hydroxylation sites is 1. The number of nitrogens with two attached hydrogens (primary N) is 1. The molecule has 0 aliphatic carbocycles. The third kappa shape index (κ3) is 4.22. The molecular weight excluding hydrogens is 244 g/mol. The van der Waals surface area contributed by atoms with Crippen molar-refractivity contribution >= 4 is 5.91 Å². The average molecular weight is 264 g/mol. The van der Waals surface area contributed by atoms with E-state index in [2.05, 4.69) is 5.32 Å². The molecule has 1 aliphatic rings. The lowest BCUT2D eigenvalue weighted by atomic mass is 10.0. The Labute approximate surface area is 113 Å². The van der Waals surface area contributed by atoms with E-state index in [9.17, 15) is 4.79 Å². The fourth-order valence-electron chi connectivity index (χ4n) is 1.96. The summed E-state index contributed by atoms with van der Waals surface area (Å²) in [6.07, 6.45) is 0.767. The van der Waals surface area contributed by atoms with Crippen molar-refractivity contribution in [2.24, 2.45) is 11.7 Å². The van der Waals surface area contributed by atoms with Crippen molar-refractivity contribution in [3.63, 3.8) is 0 Å². The molecule has 1 fully saturated rings. The maximum absolute atomic E-state index is 11.8. The summed E-state index contributed by atoms with van der Waals surface area (Å²) in [5, 5.41) is 2.86. The van der Waals surface area contributed by atoms with Crippen LogP contribution in [0, 0.1) is 5.92 Å². The summed E-state index contributed by atoms with van der Waals surface area (Å²) >= 11 is 0. The predicted molar refractivity (Wildman–Crippen MR) is 71.8 cm³/mol. The first-order valence-electron chi connectivity index (χ1n) is 6.56. The Hall–Kier alpha value is -1.59. The summed E-state index contributed by atoms with van der Waals surface area (Å²) in [7, 11) is 0. The first-order valence-corrected chi connectivity index (χ1v) is 6.56. The van der Waals surface area contributed by atoms with Crippen LogP contribution in [0.3, 0.4) is 0 Å². The summed E-state index contributed by atoms with van der Waals surface area (Å²) in [6, 6.07) is 9.44. The van der Waals surface area contributed by atoms with Gasteiger partial charge in [0.15, 0.2) is 0 Å². The van der Waals surface area contributed by atoms with Crippen LogP contribution in [-0.4, -0.2) is 38.3 Å². The zero-order chi connectivity index (χ0) is 13.5. The SMILES string of the molecule is NC1COCC1C(=O)NCCCOc1ccccc1. The van der Waals surface area contributed by atoms with Crippen LogP contribution < -0.4 is 15.8 Å². The zero-order valence-corrected chi connectivity index (χ0v) is 10.9. The lowest BCUT2D eigenvalue weighted by molar-refractivity contribution is -0.125. The van der Waals surface area contributed by atoms with Gasteiger partial charge in [-0.25, -0.2) is 0 Å². The van der Waals surface area contributed by atoms with Crippen molar-refractivity contribution in [3.05, 3.63) is 30.3 Å². The number of carbonyl (C=O) groups excluding carboxylic acids is 1. The minimum absolute atomic E-state index is 0.0234. The Kier molecular flexibility index (Phi) is 5.18. The summed E-state index contributed by atoms with van der Waals surface area (Å²) in [5.74, 6) is 0.611. The fourth-order valence-corrected chi connectivity index (χ4v) is 1.96. The van der Waals surface area contributed by atoms with E-state index in [1.54, 1.807) is 0 Å². The van der Waals surface area contributed by atoms with E-state index in [1.165, 1.54) is 0 Å². The van der Waals surface area contributed by atoms with Crippen LogP contribution in [0.25, 0.3) is 0 Å². The van der Waals surface area contributed by atoms with Crippen molar-refractivity contribution in [1.82, 2.24) is 5.32 Å². The molecule has 5 nitrogen and oxygen atoms in total. The Morgan fingerprint density at radius 1 is 1.37 bits per heavy atom. The lowest BCUT2D eigenvalue weighted by Gasteiger charge is -2.13. The third-order valence-corrected chi connectivity index (χ3v) is 3.09. The van der Waals surface area contributed by atoms with Crippen molar-refractivity contribution in [1.29, 1.82) is 0 Å². The van der Waals surface area contributed by atoms with Gasteiger partial charge in [-0.15, -0.1) is 0 Å². The van der Waals surface area contributed by atoms with Gasteiger partial charge in [0.2, 0.25) is 5.91 Å². The Balaban J connectivity index is 1.58. The van der Waals surface area contributed by atoms with E-state index in [1.807, 2.05) is 30.3 Å². The van der Waals surface area contributed by atoms with Gasteiger partial charge in [-0.2, -0.15) is 0 Å². The number of ether oxygens (including phenoxy) is 2. The first-order chi connectivity index (χ1) is 9.27. The molecule has 1 aromatic rings. The van der Waals surface area contributed by atoms with Crippen molar-refractivity contribution in [2.45, 2.75) is 12.5 Å². The normalized spacial score (nSPS) is 22.2. The molecule has 1 aliphatic heterocycles. The third-order valence-electron chi connectivity index (χ3n) is 3.09. The number of hydrogen-bond donors (Lipinski definition) is 2. The lowest BCUT2D eigenvalue weighted by Crippen LogP contribution is -2.41. The van der Waals surface area contributed by atoms with Crippen LogP contribution in [0.1, 0.15) is 6.42 Å². The van der Waals surface area contributed by atoms with Crippen LogP contribution in [0.2, 0.25) is 0 Å². The number of nitrogens with one attached hydrogen (secondary N) is 1. The van der Waals surface area contributed by atoms with Gasteiger partial charge >= 0.3 is 0 Å². The van der Waals surface area contributed by atoms with Gasteiger partial charge in [-0.3, -0.25) is 4.79 Å². The zero-order valence-electron chi connectivity index (χ0n) is 10.9. The summed E-state index contributed by atoms with van der Waals surface area (Å²) < 4.78 is 10.7. The second-order valence-electron chi connectivity index (χ2n) is 4.61. The Bertz CT molecular complexity index is 397. The highest BCUT2D eigenvalue weighted by atomic mass is 16.5. The molecule has 19 heavy (non-hydrogen) atoms. The van der Waals surface area contributed by atoms with Gasteiger partial charge in [-0.1, -0.05) is 18.2 Å². The molecule has 1 saturated heterocycles. The highest BCUT2D eigenvalue weighted by Crippen LogP contribution is 2.11. The summed E-state index contributed by atoms with van der Waals surface area (Å²) in [6.45, 7) is 2.06. The molecule has 2 rings (SSSR count). The van der Waals surface area contributed by atoms with Gasteiger partial charge in [0.25, 0.3) is 0 Å². The average Bonchev–Trinajstić information content (AvgIpc) is 2.86. The van der Waals surface area contributed by atoms with Crippen LogP contribution in [-0.2, 0) is 9.53 Å². The maximum Gasteiger partial charge on any atom is 0.227 e. The molecule has 0 radical (unpaired) electrons. The molecule has 0 bridgehead atoms. The highest BCUT2D eigenvalue weighted by molar-refractivity contribution is 5.79. The molecule has 1 heterocycles. The minimum atomic E-state index is -0.213. The van der Waals surface area contributed by atoms with E-state index in [0.29, 0.717) is 26.4 Å². The van der Waals surface area contributed by atoms with Gasteiger partial charge in [0.1, 0.15) is 5.75 Å². The fraction of sp³-hybridized carbons (Fsp3) is 0.500. The van der Waals surface area contributed by atoms with Crippen molar-refractivity contribution < 1.29 is 14.3 Å². The molecule has 2 unspecified atom stereocenters. The monoisotopic (exact) mass is 264 g/mol. The molecular formula is C14H20N2O3. The second-order valence-corrected chi connectivity index (χ2v) is 4.61. The molecule has 0 aromatic heterocycles. The Morgan fingerprint density at radius 3 is 2.84 bits per heavy atom. The molecule has 3 N–H and O–H groups in total. The standard InChI is InChI=1S/C14H20N2O3/c15-13-10-18-9-12(13)14(17)16-7-4-8-19-11-5-2-1-3-6-11/h1-3,5-6,12-13H,4,7-10,15H2,(H,16,17). The van der Waals surface area contributed by atoms with Crippen LogP contribution >= 0.6 is 0 Å². The van der Waals surface area contributed by atoms with E-state index in [0.717, 1.165) is 12.2 Å². The summed E-state index contributed by atoms with van der Waals surface area (Å²) in [4.78, 5) is 11.8. The van der Waals surface area contributed by atoms with E-state index in [-0.39, 0.29) is 17.9 Å². The first kappa shape index (κ1) is 13.8. The van der Waals surface area contributed by atoms with Gasteiger partial charge < -0.3 is 20.5 Å². The second kappa shape index (κ2) is 7.11. The smallest absolute Gasteiger partial charge is 0.227 e. The minimum Gasteiger partial charge on any atom is -0.494 e. The molecule has 104 valence electrons. The molecule has 0 spiro atoms. The van der Waals surface area contributed by atoms with E-state index < -0.39 is 0 Å². The number of benzene rings is 1. The number of amides is 1. The van der Waals surface area contributed by atoms with Gasteiger partial charge in [0, 0.05) is 12.6 Å². The topological polar surface area (TPSA) is 73.6 Å². The van der Waals surface area contributed by atoms with Crippen molar-refractivity contribution in [3.8, 4) is 5.75 Å². The van der Waals surface area contributed by atoms with Crippen LogP contribution in [0.15, 0.2) is 30.3 Å². The molecule has 5 heteroatoms. The van der Waals surface area contributed by atoms with Gasteiger partial charge in [-0.05, 0) is 18.6 Å². The number of rotatable bonds is 6. The molecule has 2 atom stereocenters. The van der Waals surface area contributed by atoms with E-state index >= 15 is 0 Å². The highest BCUT2D eigenvalue weighted by Gasteiger charge is 2.30. The van der Waals surface area contributed by atoms with Crippen LogP contribution in [0.4, 0.5) is 0 Å². The number of hydrogen-bond acceptors (Lipinski definition) is 4. The van der Waals surface area contributed by atoms with Gasteiger partial charge in [0.05, 0.1) is 25.7 Å². The quantitative estimate of drug-likeness (QED) is 0.736. The Morgan fingerprint density at radius 2 is 2.16 bits per heavy atom. The van der Waals surface area contributed by atoms with E-state index in [4.69, 9.17) is 15.2 Å². The largest absolute Gasteiger partial charge is 0.494 e. The van der Waals surface area contributed by atoms with Crippen LogP contribution in [0.5, 0.6) is 5.75 Å². The molecule has 0 saturated carbocycles.